The standard InChI is InChI=1S/C9H18N2S/c1-9-8-11(6-7-12-9)5-3-2-4-10/h2-3,9H,4-8,10H2,1H3/b3-2+. The molecule has 1 aliphatic heterocycles. The Morgan fingerprint density at radius 2 is 2.42 bits per heavy atom. The predicted molar refractivity (Wildman–Crippen MR) is 56.6 cm³/mol. The normalized spacial score (nSPS) is 26.7. The molecule has 0 amide bonds. The van der Waals surface area contributed by atoms with Gasteiger partial charge in [-0.05, 0) is 0 Å². The lowest BCUT2D eigenvalue weighted by Gasteiger charge is -2.29. The molecule has 0 aromatic carbocycles. The molecule has 2 nitrogen and oxygen atoms in total. The van der Waals surface area contributed by atoms with Crippen LogP contribution in [0.15, 0.2) is 12.2 Å². The van der Waals surface area contributed by atoms with E-state index in [1.165, 1.54) is 18.8 Å². The van der Waals surface area contributed by atoms with Crippen LogP contribution in [0.25, 0.3) is 0 Å². The van der Waals surface area contributed by atoms with E-state index in [2.05, 4.69) is 29.7 Å². The van der Waals surface area contributed by atoms with Crippen LogP contribution in [0.1, 0.15) is 6.92 Å². The summed E-state index contributed by atoms with van der Waals surface area (Å²) in [6, 6.07) is 0. The minimum Gasteiger partial charge on any atom is -0.327 e. The van der Waals surface area contributed by atoms with Crippen LogP contribution < -0.4 is 5.73 Å². The average molecular weight is 186 g/mol. The smallest absolute Gasteiger partial charge is 0.0164 e. The Morgan fingerprint density at radius 1 is 1.58 bits per heavy atom. The molecule has 1 aliphatic rings. The number of nitrogens with two attached hydrogens (primary N) is 1. The second kappa shape index (κ2) is 5.62. The molecule has 3 heteroatoms. The zero-order chi connectivity index (χ0) is 8.81. The molecule has 0 aromatic heterocycles. The monoisotopic (exact) mass is 186 g/mol. The number of hydrogen-bond donors (Lipinski definition) is 1. The summed E-state index contributed by atoms with van der Waals surface area (Å²) in [6.45, 7) is 6.48. The Morgan fingerprint density at radius 3 is 3.08 bits per heavy atom. The fraction of sp³-hybridized carbons (Fsp3) is 0.778. The maximum Gasteiger partial charge on any atom is 0.0164 e. The molecule has 0 aliphatic carbocycles. The second-order valence-electron chi connectivity index (χ2n) is 3.15. The summed E-state index contributed by atoms with van der Waals surface area (Å²) in [4.78, 5) is 2.48. The first-order valence-corrected chi connectivity index (χ1v) is 5.57. The van der Waals surface area contributed by atoms with Crippen molar-refractivity contribution in [2.45, 2.75) is 12.2 Å². The minimum absolute atomic E-state index is 0.665. The highest BCUT2D eigenvalue weighted by atomic mass is 32.2. The van der Waals surface area contributed by atoms with Crippen molar-refractivity contribution in [1.29, 1.82) is 0 Å². The van der Waals surface area contributed by atoms with Crippen LogP contribution in [0.3, 0.4) is 0 Å². The van der Waals surface area contributed by atoms with Crippen molar-refractivity contribution in [3.8, 4) is 0 Å². The second-order valence-corrected chi connectivity index (χ2v) is 4.69. The highest BCUT2D eigenvalue weighted by molar-refractivity contribution is 7.99. The maximum absolute atomic E-state index is 5.36. The molecular weight excluding hydrogens is 168 g/mol. The molecule has 0 spiro atoms. The van der Waals surface area contributed by atoms with E-state index in [-0.39, 0.29) is 0 Å². The fourth-order valence-corrected chi connectivity index (χ4v) is 2.46. The van der Waals surface area contributed by atoms with Gasteiger partial charge in [-0.3, -0.25) is 4.90 Å². The fourth-order valence-electron chi connectivity index (χ4n) is 1.38. The molecule has 2 N–H and O–H groups in total. The van der Waals surface area contributed by atoms with Gasteiger partial charge in [-0.1, -0.05) is 19.1 Å². The van der Waals surface area contributed by atoms with Crippen molar-refractivity contribution >= 4 is 11.8 Å². The lowest BCUT2D eigenvalue weighted by molar-refractivity contribution is 0.317. The van der Waals surface area contributed by atoms with E-state index in [4.69, 9.17) is 5.73 Å². The van der Waals surface area contributed by atoms with Gasteiger partial charge in [0.2, 0.25) is 0 Å². The average Bonchev–Trinajstić information content (AvgIpc) is 2.05. The lowest BCUT2D eigenvalue weighted by atomic mass is 10.3. The SMILES string of the molecule is CC1CN(C/C=C/CN)CCS1. The van der Waals surface area contributed by atoms with E-state index >= 15 is 0 Å². The Labute approximate surface area is 79.2 Å². The largest absolute Gasteiger partial charge is 0.327 e. The number of thioether (sulfide) groups is 1. The van der Waals surface area contributed by atoms with Gasteiger partial charge >= 0.3 is 0 Å². The molecule has 0 saturated carbocycles. The highest BCUT2D eigenvalue weighted by Crippen LogP contribution is 2.17. The first kappa shape index (κ1) is 10.1. The number of rotatable bonds is 3. The van der Waals surface area contributed by atoms with Gasteiger partial charge in [-0.2, -0.15) is 11.8 Å². The zero-order valence-electron chi connectivity index (χ0n) is 7.70. The summed E-state index contributed by atoms with van der Waals surface area (Å²) in [6.07, 6.45) is 4.20. The molecule has 1 atom stereocenters. The molecule has 1 saturated heterocycles. The molecule has 1 fully saturated rings. The van der Waals surface area contributed by atoms with Gasteiger partial charge in [0.15, 0.2) is 0 Å². The molecule has 1 heterocycles. The zero-order valence-corrected chi connectivity index (χ0v) is 8.52. The molecule has 1 unspecified atom stereocenters. The third kappa shape index (κ3) is 3.61. The van der Waals surface area contributed by atoms with E-state index < -0.39 is 0 Å². The lowest BCUT2D eigenvalue weighted by Crippen LogP contribution is -2.36. The van der Waals surface area contributed by atoms with Crippen LogP contribution in [0.2, 0.25) is 0 Å². The van der Waals surface area contributed by atoms with Gasteiger partial charge in [0, 0.05) is 37.2 Å². The van der Waals surface area contributed by atoms with E-state index in [9.17, 15) is 0 Å². The van der Waals surface area contributed by atoms with Crippen LogP contribution in [0, 0.1) is 0 Å². The molecule has 0 bridgehead atoms. The van der Waals surface area contributed by atoms with Crippen molar-refractivity contribution in [2.24, 2.45) is 5.73 Å². The van der Waals surface area contributed by atoms with Gasteiger partial charge < -0.3 is 5.73 Å². The third-order valence-corrected chi connectivity index (χ3v) is 3.13. The van der Waals surface area contributed by atoms with Gasteiger partial charge in [0.1, 0.15) is 0 Å². The first-order chi connectivity index (χ1) is 5.83. The van der Waals surface area contributed by atoms with Gasteiger partial charge in [0.25, 0.3) is 0 Å². The topological polar surface area (TPSA) is 29.3 Å². The minimum atomic E-state index is 0.665. The van der Waals surface area contributed by atoms with Crippen LogP contribution in [0.5, 0.6) is 0 Å². The van der Waals surface area contributed by atoms with Gasteiger partial charge in [0.05, 0.1) is 0 Å². The quantitative estimate of drug-likeness (QED) is 0.665. The molecular formula is C9H18N2S. The summed E-state index contributed by atoms with van der Waals surface area (Å²) in [7, 11) is 0. The van der Waals surface area contributed by atoms with E-state index in [0.717, 1.165) is 11.8 Å². The summed E-state index contributed by atoms with van der Waals surface area (Å²) in [5, 5.41) is 0.796. The van der Waals surface area contributed by atoms with Crippen LogP contribution in [-0.4, -0.2) is 42.1 Å². The van der Waals surface area contributed by atoms with Crippen molar-refractivity contribution in [3.05, 3.63) is 12.2 Å². The van der Waals surface area contributed by atoms with Gasteiger partial charge in [-0.25, -0.2) is 0 Å². The summed E-state index contributed by atoms with van der Waals surface area (Å²) in [5.41, 5.74) is 5.36. The van der Waals surface area contributed by atoms with Gasteiger partial charge in [-0.15, -0.1) is 0 Å². The van der Waals surface area contributed by atoms with Crippen LogP contribution in [0.4, 0.5) is 0 Å². The highest BCUT2D eigenvalue weighted by Gasteiger charge is 2.14. The Hall–Kier alpha value is 0.01000. The van der Waals surface area contributed by atoms with Crippen LogP contribution in [-0.2, 0) is 0 Å². The summed E-state index contributed by atoms with van der Waals surface area (Å²) in [5.74, 6) is 1.28. The predicted octanol–water partition coefficient (Wildman–Crippen LogP) is 0.939. The van der Waals surface area contributed by atoms with Crippen molar-refractivity contribution < 1.29 is 0 Å². The van der Waals surface area contributed by atoms with Crippen molar-refractivity contribution in [1.82, 2.24) is 4.90 Å². The Kier molecular flexibility index (Phi) is 4.73. The van der Waals surface area contributed by atoms with E-state index in [1.807, 2.05) is 6.08 Å². The molecule has 0 aromatic rings. The molecule has 0 radical (unpaired) electrons. The molecule has 1 rings (SSSR count). The van der Waals surface area contributed by atoms with Crippen molar-refractivity contribution in [2.75, 3.05) is 31.9 Å². The first-order valence-electron chi connectivity index (χ1n) is 4.52. The number of hydrogen-bond acceptors (Lipinski definition) is 3. The van der Waals surface area contributed by atoms with Crippen molar-refractivity contribution in [3.63, 3.8) is 0 Å². The Bertz CT molecular complexity index is 147. The van der Waals surface area contributed by atoms with Crippen LogP contribution >= 0.6 is 11.8 Å². The number of nitrogens with zero attached hydrogens (tertiary/aromatic N) is 1. The van der Waals surface area contributed by atoms with E-state index in [1.54, 1.807) is 0 Å². The summed E-state index contributed by atoms with van der Waals surface area (Å²) < 4.78 is 0. The maximum atomic E-state index is 5.36. The Balaban J connectivity index is 2.18. The summed E-state index contributed by atoms with van der Waals surface area (Å²) >= 11 is 2.07. The molecule has 12 heavy (non-hydrogen) atoms. The molecule has 70 valence electrons. The van der Waals surface area contributed by atoms with E-state index in [0.29, 0.717) is 6.54 Å². The third-order valence-electron chi connectivity index (χ3n) is 1.99.